The van der Waals surface area contributed by atoms with E-state index < -0.39 is 17.8 Å². The summed E-state index contributed by atoms with van der Waals surface area (Å²) in [6, 6.07) is 3.72. The van der Waals surface area contributed by atoms with E-state index in [2.05, 4.69) is 10.1 Å². The first-order valence-electron chi connectivity index (χ1n) is 6.39. The van der Waals surface area contributed by atoms with Crippen LogP contribution in [0.5, 0.6) is 0 Å². The van der Waals surface area contributed by atoms with Gasteiger partial charge in [-0.15, -0.1) is 0 Å². The molecule has 0 bridgehead atoms. The zero-order valence-corrected chi connectivity index (χ0v) is 12.5. The molecule has 1 aromatic rings. The van der Waals surface area contributed by atoms with Crippen LogP contribution in [0.15, 0.2) is 18.2 Å². The van der Waals surface area contributed by atoms with Crippen molar-refractivity contribution in [3.05, 3.63) is 34.9 Å². The lowest BCUT2D eigenvalue weighted by Crippen LogP contribution is -2.32. The number of benzene rings is 1. The summed E-state index contributed by atoms with van der Waals surface area (Å²) < 4.78 is 4.56. The average molecular weight is 293 g/mol. The lowest BCUT2D eigenvalue weighted by molar-refractivity contribution is 0.0600. The van der Waals surface area contributed by atoms with Crippen LogP contribution < -0.4 is 5.32 Å². The number of methoxy groups -OCH3 is 1. The summed E-state index contributed by atoms with van der Waals surface area (Å²) in [6.45, 7) is 6.30. The number of carbonyl (C=O) groups excluding carboxylic acids is 2. The largest absolute Gasteiger partial charge is 0.478 e. The van der Waals surface area contributed by atoms with Gasteiger partial charge < -0.3 is 15.2 Å². The minimum absolute atomic E-state index is 0.0262. The molecule has 0 saturated carbocycles. The van der Waals surface area contributed by atoms with E-state index in [1.54, 1.807) is 0 Å². The molecule has 0 spiro atoms. The molecule has 0 heterocycles. The minimum Gasteiger partial charge on any atom is -0.478 e. The van der Waals surface area contributed by atoms with Gasteiger partial charge in [0.05, 0.1) is 18.2 Å². The minimum atomic E-state index is -1.22. The Kier molecular flexibility index (Phi) is 5.07. The number of hydrogen-bond acceptors (Lipinski definition) is 4. The van der Waals surface area contributed by atoms with E-state index in [9.17, 15) is 14.4 Å². The number of carbonyl (C=O) groups is 3. The highest BCUT2D eigenvalue weighted by Gasteiger charge is 2.18. The summed E-state index contributed by atoms with van der Waals surface area (Å²) in [5, 5.41) is 11.8. The van der Waals surface area contributed by atoms with E-state index in [-0.39, 0.29) is 22.1 Å². The van der Waals surface area contributed by atoms with Crippen LogP contribution in [0.1, 0.15) is 51.8 Å². The fourth-order valence-corrected chi connectivity index (χ4v) is 1.57. The predicted octanol–water partition coefficient (Wildman–Crippen LogP) is 1.95. The molecule has 0 aromatic heterocycles. The van der Waals surface area contributed by atoms with Gasteiger partial charge in [-0.3, -0.25) is 4.79 Å². The number of esters is 1. The Balaban J connectivity index is 3.11. The lowest BCUT2D eigenvalue weighted by Gasteiger charge is -2.18. The Morgan fingerprint density at radius 1 is 1.10 bits per heavy atom. The number of carboxylic acids is 1. The first-order valence-corrected chi connectivity index (χ1v) is 6.39. The second-order valence-corrected chi connectivity index (χ2v) is 5.84. The van der Waals surface area contributed by atoms with Crippen molar-refractivity contribution in [1.82, 2.24) is 5.32 Å². The van der Waals surface area contributed by atoms with Gasteiger partial charge in [-0.2, -0.15) is 0 Å². The van der Waals surface area contributed by atoms with Gasteiger partial charge in [0, 0.05) is 12.1 Å². The first kappa shape index (κ1) is 16.7. The molecule has 21 heavy (non-hydrogen) atoms. The van der Waals surface area contributed by atoms with Crippen LogP contribution in [0.25, 0.3) is 0 Å². The van der Waals surface area contributed by atoms with E-state index >= 15 is 0 Å². The highest BCUT2D eigenvalue weighted by atomic mass is 16.5. The molecule has 1 amide bonds. The molecule has 0 atom stereocenters. The van der Waals surface area contributed by atoms with Gasteiger partial charge in [-0.1, -0.05) is 20.8 Å². The molecule has 6 nitrogen and oxygen atoms in total. The first-order chi connectivity index (χ1) is 9.64. The summed E-state index contributed by atoms with van der Waals surface area (Å²) in [7, 11) is 1.19. The van der Waals surface area contributed by atoms with Crippen molar-refractivity contribution in [1.29, 1.82) is 0 Å². The average Bonchev–Trinajstić information content (AvgIpc) is 2.42. The third-order valence-corrected chi connectivity index (χ3v) is 2.64. The molecule has 0 radical (unpaired) electrons. The summed E-state index contributed by atoms with van der Waals surface area (Å²) in [6.07, 6.45) is 0. The van der Waals surface area contributed by atoms with Crippen LogP contribution in [-0.2, 0) is 4.74 Å². The number of amides is 1. The molecule has 1 aromatic carbocycles. The third kappa shape index (κ3) is 4.91. The van der Waals surface area contributed by atoms with Crippen LogP contribution in [0.2, 0.25) is 0 Å². The summed E-state index contributed by atoms with van der Waals surface area (Å²) >= 11 is 0. The highest BCUT2D eigenvalue weighted by Crippen LogP contribution is 2.14. The molecule has 0 aliphatic heterocycles. The Morgan fingerprint density at radius 2 is 1.62 bits per heavy atom. The number of rotatable bonds is 4. The quantitative estimate of drug-likeness (QED) is 0.828. The standard InChI is InChI=1S/C15H19NO5/c1-15(2,3)8-16-12(17)9-5-10(13(18)19)7-11(6-9)14(20)21-4/h5-7H,8H2,1-4H3,(H,16,17)(H,18,19). The van der Waals surface area contributed by atoms with E-state index in [4.69, 9.17) is 5.11 Å². The molecule has 0 fully saturated rings. The molecule has 1 rings (SSSR count). The predicted molar refractivity (Wildman–Crippen MR) is 76.5 cm³/mol. The van der Waals surface area contributed by atoms with Crippen molar-refractivity contribution in [3.63, 3.8) is 0 Å². The molecule has 2 N–H and O–H groups in total. The summed E-state index contributed by atoms with van der Waals surface area (Å²) in [4.78, 5) is 34.7. The fourth-order valence-electron chi connectivity index (χ4n) is 1.57. The van der Waals surface area contributed by atoms with Crippen LogP contribution >= 0.6 is 0 Å². The van der Waals surface area contributed by atoms with Gasteiger partial charge in [0.2, 0.25) is 0 Å². The Hall–Kier alpha value is -2.37. The van der Waals surface area contributed by atoms with E-state index in [0.717, 1.165) is 0 Å². The van der Waals surface area contributed by atoms with Crippen molar-refractivity contribution in [3.8, 4) is 0 Å². The van der Waals surface area contributed by atoms with Gasteiger partial charge in [0.15, 0.2) is 0 Å². The van der Waals surface area contributed by atoms with Gasteiger partial charge in [-0.25, -0.2) is 9.59 Å². The van der Waals surface area contributed by atoms with Crippen molar-refractivity contribution in [2.24, 2.45) is 5.41 Å². The van der Waals surface area contributed by atoms with Crippen molar-refractivity contribution >= 4 is 17.8 Å². The van der Waals surface area contributed by atoms with Gasteiger partial charge >= 0.3 is 11.9 Å². The van der Waals surface area contributed by atoms with Crippen LogP contribution in [0.3, 0.4) is 0 Å². The highest BCUT2D eigenvalue weighted by molar-refractivity contribution is 6.01. The summed E-state index contributed by atoms with van der Waals surface area (Å²) in [5.74, 6) is -2.34. The third-order valence-electron chi connectivity index (χ3n) is 2.64. The van der Waals surface area contributed by atoms with Crippen LogP contribution in [0, 0.1) is 5.41 Å². The Labute approximate surface area is 123 Å². The van der Waals surface area contributed by atoms with Crippen LogP contribution in [0.4, 0.5) is 0 Å². The van der Waals surface area contributed by atoms with Crippen LogP contribution in [-0.4, -0.2) is 36.6 Å². The Morgan fingerprint density at radius 3 is 2.10 bits per heavy atom. The normalized spacial score (nSPS) is 10.9. The van der Waals surface area contributed by atoms with Gasteiger partial charge in [0.25, 0.3) is 5.91 Å². The second-order valence-electron chi connectivity index (χ2n) is 5.84. The number of nitrogens with one attached hydrogen (secondary N) is 1. The Bertz CT molecular complexity index is 572. The van der Waals surface area contributed by atoms with E-state index in [1.807, 2.05) is 20.8 Å². The number of carboxylic acid groups (broad SMARTS) is 1. The molecule has 0 saturated heterocycles. The van der Waals surface area contributed by atoms with Gasteiger partial charge in [-0.05, 0) is 23.6 Å². The molecule has 114 valence electrons. The SMILES string of the molecule is COC(=O)c1cc(C(=O)O)cc(C(=O)NCC(C)(C)C)c1. The zero-order chi connectivity index (χ0) is 16.2. The van der Waals surface area contributed by atoms with Crippen molar-refractivity contribution in [2.75, 3.05) is 13.7 Å². The monoisotopic (exact) mass is 293 g/mol. The number of ether oxygens (including phenoxy) is 1. The maximum absolute atomic E-state index is 12.1. The molecular formula is C15H19NO5. The van der Waals surface area contributed by atoms with E-state index in [0.29, 0.717) is 6.54 Å². The molecule has 0 aliphatic carbocycles. The molecule has 0 aliphatic rings. The lowest BCUT2D eigenvalue weighted by atomic mass is 9.96. The van der Waals surface area contributed by atoms with E-state index in [1.165, 1.54) is 25.3 Å². The zero-order valence-electron chi connectivity index (χ0n) is 12.5. The maximum atomic E-state index is 12.1. The van der Waals surface area contributed by atoms with Gasteiger partial charge in [0.1, 0.15) is 0 Å². The topological polar surface area (TPSA) is 92.7 Å². The van der Waals surface area contributed by atoms with Crippen molar-refractivity contribution in [2.45, 2.75) is 20.8 Å². The second kappa shape index (κ2) is 6.39. The smallest absolute Gasteiger partial charge is 0.337 e. The van der Waals surface area contributed by atoms with Crippen molar-refractivity contribution < 1.29 is 24.2 Å². The molecule has 6 heteroatoms. The fraction of sp³-hybridized carbons (Fsp3) is 0.400. The number of hydrogen-bond donors (Lipinski definition) is 2. The molecule has 0 unspecified atom stereocenters. The number of aromatic carboxylic acids is 1. The summed E-state index contributed by atoms with van der Waals surface area (Å²) in [5.41, 5.74) is -0.109. The maximum Gasteiger partial charge on any atom is 0.337 e. The molecular weight excluding hydrogens is 274 g/mol.